The van der Waals surface area contributed by atoms with Crippen molar-refractivity contribution in [1.82, 2.24) is 9.97 Å². The zero-order valence-electron chi connectivity index (χ0n) is 21.7. The molecule has 0 bridgehead atoms. The smallest absolute Gasteiger partial charge is 0.410 e. The summed E-state index contributed by atoms with van der Waals surface area (Å²) in [5.74, 6) is 1.54. The maximum absolute atomic E-state index is 13.8. The number of hydrogen-bond donors (Lipinski definition) is 1. The average molecular weight is 557 g/mol. The van der Waals surface area contributed by atoms with Crippen LogP contribution in [-0.4, -0.2) is 50.8 Å². The standard InChI is InChI=1S/C30H28N4O5S/c35-29(39-24-7-3-1-4-8-24)31-23-13-11-22(12-14-23)28-32-26(21-27(33-28)34-17-19-38-20-18-34)30(15-16-30)40(36,37)25-9-5-2-6-10-25/h1-14,21H,15-20H2,(H,31,35). The molecule has 1 saturated carbocycles. The van der Waals surface area contributed by atoms with E-state index in [0.717, 1.165) is 0 Å². The number of ether oxygens (including phenoxy) is 2. The molecule has 1 aliphatic carbocycles. The normalized spacial score (nSPS) is 16.2. The number of sulfone groups is 1. The second-order valence-corrected chi connectivity index (χ2v) is 12.0. The molecule has 0 spiro atoms. The largest absolute Gasteiger partial charge is 0.417 e. The highest BCUT2D eigenvalue weighted by Gasteiger charge is 2.58. The summed E-state index contributed by atoms with van der Waals surface area (Å²) in [6.45, 7) is 2.45. The number of carbonyl (C=O) groups is 1. The Balaban J connectivity index is 1.31. The number of carbonyl (C=O) groups excluding carboxylic acids is 1. The number of aromatic nitrogens is 2. The van der Waals surface area contributed by atoms with Crippen LogP contribution in [-0.2, 0) is 19.3 Å². The molecule has 1 amide bonds. The van der Waals surface area contributed by atoms with Gasteiger partial charge in [-0.05, 0) is 61.4 Å². The van der Waals surface area contributed by atoms with Gasteiger partial charge in [0.1, 0.15) is 16.3 Å². The van der Waals surface area contributed by atoms with Crippen LogP contribution in [0, 0.1) is 0 Å². The van der Waals surface area contributed by atoms with Gasteiger partial charge in [-0.15, -0.1) is 0 Å². The molecular formula is C30H28N4O5S. The Hall–Kier alpha value is -4.28. The van der Waals surface area contributed by atoms with Crippen molar-refractivity contribution < 1.29 is 22.7 Å². The van der Waals surface area contributed by atoms with E-state index in [1.807, 2.05) is 12.1 Å². The van der Waals surface area contributed by atoms with Crippen molar-refractivity contribution in [3.8, 4) is 17.1 Å². The summed E-state index contributed by atoms with van der Waals surface area (Å²) in [6.07, 6.45) is 0.388. The fraction of sp³-hybridized carbons (Fsp3) is 0.233. The summed E-state index contributed by atoms with van der Waals surface area (Å²) >= 11 is 0. The Bertz CT molecular complexity index is 1600. The van der Waals surface area contributed by atoms with Gasteiger partial charge < -0.3 is 14.4 Å². The molecule has 2 heterocycles. The molecule has 0 atom stereocenters. The molecule has 3 aromatic carbocycles. The molecule has 9 nitrogen and oxygen atoms in total. The van der Waals surface area contributed by atoms with E-state index in [0.29, 0.717) is 78.4 Å². The van der Waals surface area contributed by atoms with E-state index in [9.17, 15) is 13.2 Å². The van der Waals surface area contributed by atoms with Crippen LogP contribution in [0.3, 0.4) is 0 Å². The molecule has 204 valence electrons. The molecule has 10 heteroatoms. The minimum atomic E-state index is -3.67. The number of benzene rings is 3. The molecule has 4 aromatic rings. The van der Waals surface area contributed by atoms with Crippen LogP contribution in [0.15, 0.2) is 95.9 Å². The lowest BCUT2D eigenvalue weighted by molar-refractivity contribution is 0.122. The number of rotatable bonds is 7. The van der Waals surface area contributed by atoms with Gasteiger partial charge >= 0.3 is 6.09 Å². The topological polar surface area (TPSA) is 111 Å². The Labute approximate surface area is 232 Å². The van der Waals surface area contributed by atoms with Crippen molar-refractivity contribution in [2.45, 2.75) is 22.5 Å². The van der Waals surface area contributed by atoms with Crippen LogP contribution in [0.1, 0.15) is 18.5 Å². The maximum Gasteiger partial charge on any atom is 0.417 e. The van der Waals surface area contributed by atoms with Crippen molar-refractivity contribution in [2.75, 3.05) is 36.5 Å². The van der Waals surface area contributed by atoms with Gasteiger partial charge in [0.15, 0.2) is 15.7 Å². The Morgan fingerprint density at radius 1 is 0.875 bits per heavy atom. The van der Waals surface area contributed by atoms with Gasteiger partial charge in [0.2, 0.25) is 0 Å². The van der Waals surface area contributed by atoms with Crippen LogP contribution in [0.25, 0.3) is 11.4 Å². The van der Waals surface area contributed by atoms with E-state index in [-0.39, 0.29) is 0 Å². The third-order valence-electron chi connectivity index (χ3n) is 7.13. The molecule has 1 aromatic heterocycles. The lowest BCUT2D eigenvalue weighted by Crippen LogP contribution is -2.37. The first-order valence-electron chi connectivity index (χ1n) is 13.1. The monoisotopic (exact) mass is 556 g/mol. The van der Waals surface area contributed by atoms with Crippen molar-refractivity contribution in [3.05, 3.63) is 96.7 Å². The number of para-hydroxylation sites is 1. The second-order valence-electron chi connectivity index (χ2n) is 9.75. The van der Waals surface area contributed by atoms with Crippen molar-refractivity contribution in [3.63, 3.8) is 0 Å². The number of hydrogen-bond acceptors (Lipinski definition) is 8. The average Bonchev–Trinajstić information content (AvgIpc) is 3.82. The summed E-state index contributed by atoms with van der Waals surface area (Å²) in [4.78, 5) is 24.3. The van der Waals surface area contributed by atoms with E-state index in [2.05, 4.69) is 10.2 Å². The molecule has 40 heavy (non-hydrogen) atoms. The minimum absolute atomic E-state index is 0.290. The summed E-state index contributed by atoms with van der Waals surface area (Å²) in [7, 11) is -3.67. The summed E-state index contributed by atoms with van der Waals surface area (Å²) in [6, 6.07) is 26.2. The van der Waals surface area contributed by atoms with Gasteiger partial charge in [-0.25, -0.2) is 23.2 Å². The summed E-state index contributed by atoms with van der Waals surface area (Å²) in [5.41, 5.74) is 1.74. The number of nitrogens with one attached hydrogen (secondary N) is 1. The van der Waals surface area contributed by atoms with Gasteiger partial charge in [-0.2, -0.15) is 0 Å². The molecular weight excluding hydrogens is 528 g/mol. The van der Waals surface area contributed by atoms with Crippen LogP contribution >= 0.6 is 0 Å². The van der Waals surface area contributed by atoms with E-state index in [1.54, 1.807) is 78.9 Å². The van der Waals surface area contributed by atoms with Gasteiger partial charge in [-0.1, -0.05) is 36.4 Å². The zero-order chi connectivity index (χ0) is 27.6. The highest BCUT2D eigenvalue weighted by Crippen LogP contribution is 2.55. The minimum Gasteiger partial charge on any atom is -0.410 e. The molecule has 1 saturated heterocycles. The SMILES string of the molecule is O=C(Nc1ccc(-c2nc(N3CCOCC3)cc(C3(S(=O)(=O)c4ccccc4)CC3)n2)cc1)Oc1ccccc1. The lowest BCUT2D eigenvalue weighted by atomic mass is 10.1. The highest BCUT2D eigenvalue weighted by atomic mass is 32.2. The van der Waals surface area contributed by atoms with E-state index in [1.165, 1.54) is 0 Å². The molecule has 6 rings (SSSR count). The molecule has 0 radical (unpaired) electrons. The zero-order valence-corrected chi connectivity index (χ0v) is 22.5. The first kappa shape index (κ1) is 26.0. The Kier molecular flexibility index (Phi) is 6.95. The molecule has 2 fully saturated rings. The third-order valence-corrected chi connectivity index (χ3v) is 9.67. The van der Waals surface area contributed by atoms with Crippen molar-refractivity contribution in [1.29, 1.82) is 0 Å². The molecule has 0 unspecified atom stereocenters. The quantitative estimate of drug-likeness (QED) is 0.337. The molecule has 2 aliphatic rings. The van der Waals surface area contributed by atoms with Gasteiger partial charge in [0.05, 0.1) is 23.8 Å². The van der Waals surface area contributed by atoms with E-state index < -0.39 is 20.7 Å². The predicted octanol–water partition coefficient (Wildman–Crippen LogP) is 5.05. The first-order chi connectivity index (χ1) is 19.4. The van der Waals surface area contributed by atoms with Crippen LogP contribution in [0.2, 0.25) is 0 Å². The molecule has 1 aliphatic heterocycles. The van der Waals surface area contributed by atoms with Crippen LogP contribution in [0.5, 0.6) is 5.75 Å². The third kappa shape index (κ3) is 5.15. The second kappa shape index (κ2) is 10.7. The van der Waals surface area contributed by atoms with E-state index in [4.69, 9.17) is 19.4 Å². The first-order valence-corrected chi connectivity index (χ1v) is 14.6. The fourth-order valence-corrected chi connectivity index (χ4v) is 6.78. The lowest BCUT2D eigenvalue weighted by Gasteiger charge is -2.29. The van der Waals surface area contributed by atoms with Crippen LogP contribution < -0.4 is 15.0 Å². The number of amides is 1. The maximum atomic E-state index is 13.8. The Morgan fingerprint density at radius 2 is 1.52 bits per heavy atom. The fourth-order valence-electron chi connectivity index (χ4n) is 4.79. The van der Waals surface area contributed by atoms with E-state index >= 15 is 0 Å². The van der Waals surface area contributed by atoms with Crippen molar-refractivity contribution in [2.24, 2.45) is 0 Å². The Morgan fingerprint density at radius 3 is 2.17 bits per heavy atom. The highest BCUT2D eigenvalue weighted by molar-refractivity contribution is 7.92. The molecule has 1 N–H and O–H groups in total. The number of anilines is 2. The number of morpholine rings is 1. The summed E-state index contributed by atoms with van der Waals surface area (Å²) < 4.78 is 37.3. The van der Waals surface area contributed by atoms with Gasteiger partial charge in [0.25, 0.3) is 0 Å². The van der Waals surface area contributed by atoms with Crippen LogP contribution in [0.4, 0.5) is 16.3 Å². The van der Waals surface area contributed by atoms with Crippen molar-refractivity contribution >= 4 is 27.4 Å². The number of nitrogens with zero attached hydrogens (tertiary/aromatic N) is 3. The predicted molar refractivity (Wildman–Crippen MR) is 151 cm³/mol. The summed E-state index contributed by atoms with van der Waals surface area (Å²) in [5, 5.41) is 2.71. The van der Waals surface area contributed by atoms with Gasteiger partial charge in [-0.3, -0.25) is 5.32 Å². The van der Waals surface area contributed by atoms with Gasteiger partial charge in [0, 0.05) is 30.4 Å².